The highest BCUT2D eigenvalue weighted by atomic mass is 79.9. The van der Waals surface area contributed by atoms with E-state index >= 15 is 0 Å². The lowest BCUT2D eigenvalue weighted by Crippen LogP contribution is -1.99. The molecule has 0 aromatic heterocycles. The van der Waals surface area contributed by atoms with E-state index in [9.17, 15) is 0 Å². The summed E-state index contributed by atoms with van der Waals surface area (Å²) in [7, 11) is 4.97. The van der Waals surface area contributed by atoms with Crippen molar-refractivity contribution >= 4 is 15.9 Å². The van der Waals surface area contributed by atoms with Crippen LogP contribution in [0.2, 0.25) is 0 Å². The lowest BCUT2D eigenvalue weighted by molar-refractivity contribution is 0.354. The number of halogens is 1. The van der Waals surface area contributed by atoms with E-state index in [2.05, 4.69) is 22.0 Å². The molecule has 0 saturated carbocycles. The average Bonchev–Trinajstić information content (AvgIpc) is 2.54. The van der Waals surface area contributed by atoms with Crippen LogP contribution in [0.4, 0.5) is 0 Å². The second-order valence-corrected chi connectivity index (χ2v) is 5.71. The van der Waals surface area contributed by atoms with Gasteiger partial charge in [0.05, 0.1) is 21.3 Å². The molecule has 0 N–H and O–H groups in total. The molecule has 2 rings (SSSR count). The Morgan fingerprint density at radius 1 is 0.857 bits per heavy atom. The molecular weight excluding hydrogens is 332 g/mol. The minimum absolute atomic E-state index is 0.173. The number of para-hydroxylation sites is 1. The molecule has 3 nitrogen and oxygen atoms in total. The molecule has 0 spiro atoms. The number of hydrogen-bond acceptors (Lipinski definition) is 3. The standard InChI is InChI=1S/C17H19BrO3/c1-19-15-7-5-4-6-13(15)14(18)10-12-8-9-16(20-2)17(11-12)21-3/h4-9,11,14H,10H2,1-3H3. The summed E-state index contributed by atoms with van der Waals surface area (Å²) in [5.74, 6) is 2.37. The fraction of sp³-hybridized carbons (Fsp3) is 0.294. The van der Waals surface area contributed by atoms with Crippen molar-refractivity contribution in [1.82, 2.24) is 0 Å². The molecule has 0 aliphatic heterocycles. The first kappa shape index (κ1) is 15.7. The van der Waals surface area contributed by atoms with Crippen LogP contribution >= 0.6 is 15.9 Å². The maximum atomic E-state index is 5.41. The monoisotopic (exact) mass is 350 g/mol. The normalized spacial score (nSPS) is 11.8. The van der Waals surface area contributed by atoms with Crippen LogP contribution in [-0.2, 0) is 6.42 Å². The van der Waals surface area contributed by atoms with Gasteiger partial charge in [-0.15, -0.1) is 0 Å². The summed E-state index contributed by atoms with van der Waals surface area (Å²) in [6, 6.07) is 14.0. The van der Waals surface area contributed by atoms with Crippen molar-refractivity contribution in [1.29, 1.82) is 0 Å². The summed E-state index contributed by atoms with van der Waals surface area (Å²) in [5, 5.41) is 0. The Hall–Kier alpha value is -1.68. The predicted molar refractivity (Wildman–Crippen MR) is 87.9 cm³/mol. The number of rotatable bonds is 6. The molecule has 0 aliphatic carbocycles. The number of ether oxygens (including phenoxy) is 3. The van der Waals surface area contributed by atoms with E-state index in [4.69, 9.17) is 14.2 Å². The first-order valence-corrected chi connectivity index (χ1v) is 7.59. The summed E-state index contributed by atoms with van der Waals surface area (Å²) in [6.07, 6.45) is 0.834. The zero-order valence-electron chi connectivity index (χ0n) is 12.4. The van der Waals surface area contributed by atoms with Gasteiger partial charge < -0.3 is 14.2 Å². The van der Waals surface area contributed by atoms with Crippen LogP contribution in [0.1, 0.15) is 16.0 Å². The highest BCUT2D eigenvalue weighted by Gasteiger charge is 2.14. The molecule has 0 saturated heterocycles. The van der Waals surface area contributed by atoms with Crippen LogP contribution < -0.4 is 14.2 Å². The molecule has 4 heteroatoms. The molecule has 0 radical (unpaired) electrons. The smallest absolute Gasteiger partial charge is 0.160 e. The zero-order valence-corrected chi connectivity index (χ0v) is 14.0. The first-order chi connectivity index (χ1) is 10.2. The van der Waals surface area contributed by atoms with Crippen LogP contribution in [0, 0.1) is 0 Å². The van der Waals surface area contributed by atoms with Crippen molar-refractivity contribution in [2.75, 3.05) is 21.3 Å². The van der Waals surface area contributed by atoms with E-state index in [1.54, 1.807) is 21.3 Å². The molecule has 112 valence electrons. The van der Waals surface area contributed by atoms with Gasteiger partial charge in [-0.2, -0.15) is 0 Å². The summed E-state index contributed by atoms with van der Waals surface area (Å²) in [6.45, 7) is 0. The maximum absolute atomic E-state index is 5.41. The Balaban J connectivity index is 2.21. The van der Waals surface area contributed by atoms with Gasteiger partial charge in [0.25, 0.3) is 0 Å². The minimum atomic E-state index is 0.173. The van der Waals surface area contributed by atoms with Crippen LogP contribution in [0.15, 0.2) is 42.5 Å². The van der Waals surface area contributed by atoms with Gasteiger partial charge in [-0.3, -0.25) is 0 Å². The topological polar surface area (TPSA) is 27.7 Å². The highest BCUT2D eigenvalue weighted by molar-refractivity contribution is 9.09. The molecule has 0 heterocycles. The molecular formula is C17H19BrO3. The molecule has 2 aromatic carbocycles. The van der Waals surface area contributed by atoms with E-state index in [1.807, 2.05) is 36.4 Å². The summed E-state index contributed by atoms with van der Waals surface area (Å²) in [4.78, 5) is 0.173. The van der Waals surface area contributed by atoms with E-state index in [-0.39, 0.29) is 4.83 Å². The van der Waals surface area contributed by atoms with Crippen molar-refractivity contribution in [3.05, 3.63) is 53.6 Å². The van der Waals surface area contributed by atoms with E-state index < -0.39 is 0 Å². The number of hydrogen-bond donors (Lipinski definition) is 0. The molecule has 2 aromatic rings. The summed E-state index contributed by atoms with van der Waals surface area (Å²) >= 11 is 3.74. The Labute approximate surface area is 134 Å². The van der Waals surface area contributed by atoms with Crippen molar-refractivity contribution in [3.63, 3.8) is 0 Å². The van der Waals surface area contributed by atoms with Gasteiger partial charge in [0.1, 0.15) is 5.75 Å². The van der Waals surface area contributed by atoms with E-state index in [0.29, 0.717) is 0 Å². The highest BCUT2D eigenvalue weighted by Crippen LogP contribution is 2.35. The fourth-order valence-electron chi connectivity index (χ4n) is 2.25. The largest absolute Gasteiger partial charge is 0.496 e. The quantitative estimate of drug-likeness (QED) is 0.723. The third-order valence-electron chi connectivity index (χ3n) is 3.34. The average molecular weight is 351 g/mol. The Bertz CT molecular complexity index is 598. The van der Waals surface area contributed by atoms with Gasteiger partial charge in [0.2, 0.25) is 0 Å². The summed E-state index contributed by atoms with van der Waals surface area (Å²) < 4.78 is 16.0. The lowest BCUT2D eigenvalue weighted by atomic mass is 10.0. The second kappa shape index (κ2) is 7.36. The van der Waals surface area contributed by atoms with Gasteiger partial charge >= 0.3 is 0 Å². The molecule has 1 unspecified atom stereocenters. The van der Waals surface area contributed by atoms with Crippen molar-refractivity contribution in [2.45, 2.75) is 11.2 Å². The van der Waals surface area contributed by atoms with E-state index in [1.165, 1.54) is 5.56 Å². The van der Waals surface area contributed by atoms with Gasteiger partial charge in [0.15, 0.2) is 11.5 Å². The fourth-order valence-corrected chi connectivity index (χ4v) is 3.00. The Morgan fingerprint density at radius 3 is 2.19 bits per heavy atom. The predicted octanol–water partition coefficient (Wildman–Crippen LogP) is 4.39. The zero-order chi connectivity index (χ0) is 15.2. The second-order valence-electron chi connectivity index (χ2n) is 4.60. The van der Waals surface area contributed by atoms with Crippen LogP contribution in [0.25, 0.3) is 0 Å². The van der Waals surface area contributed by atoms with Crippen molar-refractivity contribution < 1.29 is 14.2 Å². The van der Waals surface area contributed by atoms with Gasteiger partial charge in [-0.05, 0) is 30.2 Å². The molecule has 0 aliphatic rings. The first-order valence-electron chi connectivity index (χ1n) is 6.67. The maximum Gasteiger partial charge on any atom is 0.160 e. The Kier molecular flexibility index (Phi) is 5.51. The van der Waals surface area contributed by atoms with Gasteiger partial charge in [0, 0.05) is 10.4 Å². The summed E-state index contributed by atoms with van der Waals surface area (Å²) in [5.41, 5.74) is 2.30. The molecule has 1 atom stereocenters. The Morgan fingerprint density at radius 2 is 1.52 bits per heavy atom. The molecule has 21 heavy (non-hydrogen) atoms. The molecule has 0 bridgehead atoms. The van der Waals surface area contributed by atoms with E-state index in [0.717, 1.165) is 29.2 Å². The molecule has 0 fully saturated rings. The third-order valence-corrected chi connectivity index (χ3v) is 4.16. The third kappa shape index (κ3) is 3.70. The van der Waals surface area contributed by atoms with Crippen LogP contribution in [-0.4, -0.2) is 21.3 Å². The SMILES string of the molecule is COc1ccc(CC(Br)c2ccccc2OC)cc1OC. The number of benzene rings is 2. The van der Waals surface area contributed by atoms with Gasteiger partial charge in [-0.1, -0.05) is 40.2 Å². The minimum Gasteiger partial charge on any atom is -0.496 e. The van der Waals surface area contributed by atoms with Gasteiger partial charge in [-0.25, -0.2) is 0 Å². The lowest BCUT2D eigenvalue weighted by Gasteiger charge is -2.15. The van der Waals surface area contributed by atoms with Crippen LogP contribution in [0.5, 0.6) is 17.2 Å². The number of methoxy groups -OCH3 is 3. The van der Waals surface area contributed by atoms with Crippen molar-refractivity contribution in [3.8, 4) is 17.2 Å². The molecule has 0 amide bonds. The van der Waals surface area contributed by atoms with Crippen molar-refractivity contribution in [2.24, 2.45) is 0 Å². The number of alkyl halides is 1. The van der Waals surface area contributed by atoms with Crippen LogP contribution in [0.3, 0.4) is 0 Å².